The van der Waals surface area contributed by atoms with Gasteiger partial charge in [-0.2, -0.15) is 4.98 Å². The average molecular weight is 138 g/mol. The molecule has 0 unspecified atom stereocenters. The van der Waals surface area contributed by atoms with Crippen LogP contribution in [0.15, 0.2) is 22.9 Å². The van der Waals surface area contributed by atoms with Crippen molar-refractivity contribution < 1.29 is 8.81 Å². The van der Waals surface area contributed by atoms with E-state index in [0.717, 1.165) is 0 Å². The fraction of sp³-hybridized carbons (Fsp3) is 0. The Morgan fingerprint density at radius 2 is 2.40 bits per heavy atom. The monoisotopic (exact) mass is 138 g/mol. The first-order valence-electron chi connectivity index (χ1n) is 2.72. The van der Waals surface area contributed by atoms with Gasteiger partial charge >= 0.3 is 6.14 Å². The quantitative estimate of drug-likeness (QED) is 0.551. The smallest absolute Gasteiger partial charge is 0.382 e. The molecule has 2 aromatic rings. The molecular weight excluding hydrogens is 135 g/mol. The Labute approximate surface area is 55.5 Å². The lowest BCUT2D eigenvalue weighted by Crippen LogP contribution is -1.70. The first-order chi connectivity index (χ1) is 4.86. The number of halogens is 1. The van der Waals surface area contributed by atoms with Gasteiger partial charge < -0.3 is 4.42 Å². The van der Waals surface area contributed by atoms with E-state index in [1.165, 1.54) is 12.4 Å². The molecule has 0 fully saturated rings. The fourth-order valence-corrected chi connectivity index (χ4v) is 0.752. The fourth-order valence-electron chi connectivity index (χ4n) is 0.752. The van der Waals surface area contributed by atoms with Crippen LogP contribution in [0.4, 0.5) is 4.39 Å². The molecule has 10 heavy (non-hydrogen) atoms. The Kier molecular flexibility index (Phi) is 0.943. The molecule has 0 spiro atoms. The van der Waals surface area contributed by atoms with Crippen LogP contribution < -0.4 is 0 Å². The second-order valence-electron chi connectivity index (χ2n) is 1.81. The molecule has 2 heterocycles. The zero-order chi connectivity index (χ0) is 6.97. The number of pyridine rings is 1. The van der Waals surface area contributed by atoms with Crippen LogP contribution in [0.3, 0.4) is 0 Å². The number of fused-ring (bicyclic) bond motifs is 1. The number of aromatic nitrogens is 2. The number of hydrogen-bond acceptors (Lipinski definition) is 3. The van der Waals surface area contributed by atoms with Crippen LogP contribution in [0.5, 0.6) is 0 Å². The summed E-state index contributed by atoms with van der Waals surface area (Å²) in [4.78, 5) is 7.15. The summed E-state index contributed by atoms with van der Waals surface area (Å²) in [5.41, 5.74) is 0.868. The Morgan fingerprint density at radius 3 is 3.20 bits per heavy atom. The Balaban J connectivity index is 2.88. The van der Waals surface area contributed by atoms with E-state index in [-0.39, 0.29) is 0 Å². The summed E-state index contributed by atoms with van der Waals surface area (Å²) in [6.45, 7) is 0. The van der Waals surface area contributed by atoms with Gasteiger partial charge in [-0.3, -0.25) is 4.98 Å². The lowest BCUT2D eigenvalue weighted by molar-refractivity contribution is 0.355. The maximum absolute atomic E-state index is 12.2. The molecule has 0 aliphatic carbocycles. The van der Waals surface area contributed by atoms with E-state index in [0.29, 0.717) is 11.1 Å². The van der Waals surface area contributed by atoms with Crippen LogP contribution >= 0.6 is 0 Å². The Hall–Kier alpha value is -1.45. The summed E-state index contributed by atoms with van der Waals surface area (Å²) in [7, 11) is 0. The van der Waals surface area contributed by atoms with Gasteiger partial charge in [-0.1, -0.05) is 0 Å². The molecule has 0 atom stereocenters. The van der Waals surface area contributed by atoms with E-state index < -0.39 is 6.14 Å². The van der Waals surface area contributed by atoms with Crippen molar-refractivity contribution in [1.82, 2.24) is 9.97 Å². The molecule has 0 radical (unpaired) electrons. The average Bonchev–Trinajstić information content (AvgIpc) is 2.27. The van der Waals surface area contributed by atoms with Crippen LogP contribution in [-0.2, 0) is 0 Å². The van der Waals surface area contributed by atoms with Gasteiger partial charge in [-0.05, 0) is 0 Å². The van der Waals surface area contributed by atoms with Crippen molar-refractivity contribution in [1.29, 1.82) is 0 Å². The van der Waals surface area contributed by atoms with Crippen LogP contribution in [-0.4, -0.2) is 9.97 Å². The summed E-state index contributed by atoms with van der Waals surface area (Å²) >= 11 is 0. The van der Waals surface area contributed by atoms with Gasteiger partial charge in [-0.15, -0.1) is 4.39 Å². The predicted molar refractivity (Wildman–Crippen MR) is 31.8 cm³/mol. The van der Waals surface area contributed by atoms with Crippen molar-refractivity contribution in [3.05, 3.63) is 24.6 Å². The molecule has 4 heteroatoms. The number of oxazole rings is 1. The molecule has 0 N–H and O–H groups in total. The van der Waals surface area contributed by atoms with Gasteiger partial charge in [0.1, 0.15) is 5.52 Å². The van der Waals surface area contributed by atoms with Crippen molar-refractivity contribution in [3.63, 3.8) is 0 Å². The van der Waals surface area contributed by atoms with Gasteiger partial charge in [0, 0.05) is 12.3 Å². The van der Waals surface area contributed by atoms with E-state index in [1.807, 2.05) is 0 Å². The molecule has 0 saturated carbocycles. The van der Waals surface area contributed by atoms with Gasteiger partial charge in [0.25, 0.3) is 0 Å². The summed E-state index contributed by atoms with van der Waals surface area (Å²) in [6, 6.07) is 1.56. The van der Waals surface area contributed by atoms with Gasteiger partial charge in [-0.25, -0.2) is 0 Å². The van der Waals surface area contributed by atoms with E-state index in [4.69, 9.17) is 0 Å². The zero-order valence-corrected chi connectivity index (χ0v) is 4.91. The molecule has 0 aromatic carbocycles. The minimum Gasteiger partial charge on any atom is -0.415 e. The zero-order valence-electron chi connectivity index (χ0n) is 4.91. The van der Waals surface area contributed by atoms with Crippen LogP contribution in [0.1, 0.15) is 0 Å². The van der Waals surface area contributed by atoms with E-state index in [1.54, 1.807) is 6.07 Å². The first-order valence-corrected chi connectivity index (χ1v) is 2.72. The molecule has 3 nitrogen and oxygen atoms in total. The maximum Gasteiger partial charge on any atom is 0.382 e. The van der Waals surface area contributed by atoms with Gasteiger partial charge in [0.15, 0.2) is 5.58 Å². The van der Waals surface area contributed by atoms with E-state index in [2.05, 4.69) is 14.4 Å². The standard InChI is InChI=1S/C6H3FN2O/c7-6-9-4-3-8-2-1-5(4)10-6/h1-3H. The highest BCUT2D eigenvalue weighted by atomic mass is 19.1. The third kappa shape index (κ3) is 0.655. The summed E-state index contributed by atoms with van der Waals surface area (Å²) < 4.78 is 16.8. The Morgan fingerprint density at radius 1 is 1.50 bits per heavy atom. The second-order valence-corrected chi connectivity index (χ2v) is 1.81. The number of nitrogens with zero attached hydrogens (tertiary/aromatic N) is 2. The topological polar surface area (TPSA) is 38.9 Å². The van der Waals surface area contributed by atoms with Gasteiger partial charge in [0.2, 0.25) is 0 Å². The molecule has 0 bridgehead atoms. The largest absolute Gasteiger partial charge is 0.415 e. The molecule has 0 amide bonds. The van der Waals surface area contributed by atoms with Crippen LogP contribution in [0, 0.1) is 6.14 Å². The minimum absolute atomic E-state index is 0.424. The second kappa shape index (κ2) is 1.76. The third-order valence-corrected chi connectivity index (χ3v) is 1.16. The van der Waals surface area contributed by atoms with Crippen molar-refractivity contribution in [2.75, 3.05) is 0 Å². The molecule has 2 aromatic heterocycles. The normalized spacial score (nSPS) is 10.5. The SMILES string of the molecule is Fc1nc2cnccc2o1. The highest BCUT2D eigenvalue weighted by molar-refractivity contribution is 5.69. The summed E-state index contributed by atoms with van der Waals surface area (Å²) in [6.07, 6.45) is 2.15. The van der Waals surface area contributed by atoms with E-state index in [9.17, 15) is 4.39 Å². The lowest BCUT2D eigenvalue weighted by Gasteiger charge is -1.78. The molecule has 2 rings (SSSR count). The van der Waals surface area contributed by atoms with Crippen molar-refractivity contribution >= 4 is 11.1 Å². The van der Waals surface area contributed by atoms with Gasteiger partial charge in [0.05, 0.1) is 6.20 Å². The van der Waals surface area contributed by atoms with E-state index >= 15 is 0 Å². The number of rotatable bonds is 0. The summed E-state index contributed by atoms with van der Waals surface area (Å²) in [5.74, 6) is 0. The lowest BCUT2D eigenvalue weighted by atomic mass is 10.4. The van der Waals surface area contributed by atoms with Crippen molar-refractivity contribution in [2.45, 2.75) is 0 Å². The molecule has 0 aliphatic heterocycles. The molecule has 0 aliphatic rings. The van der Waals surface area contributed by atoms with Crippen molar-refractivity contribution in [3.8, 4) is 0 Å². The predicted octanol–water partition coefficient (Wildman–Crippen LogP) is 1.36. The Bertz CT molecular complexity index is 324. The first kappa shape index (κ1) is 5.34. The third-order valence-electron chi connectivity index (χ3n) is 1.16. The molecule has 0 saturated heterocycles. The highest BCUT2D eigenvalue weighted by Gasteiger charge is 2.01. The highest BCUT2D eigenvalue weighted by Crippen LogP contribution is 2.11. The minimum atomic E-state index is -0.817. The molecule has 50 valence electrons. The van der Waals surface area contributed by atoms with Crippen LogP contribution in [0.2, 0.25) is 0 Å². The molecular formula is C6H3FN2O. The number of hydrogen-bond donors (Lipinski definition) is 0. The maximum atomic E-state index is 12.2. The van der Waals surface area contributed by atoms with Crippen molar-refractivity contribution in [2.24, 2.45) is 0 Å². The summed E-state index contributed by atoms with van der Waals surface area (Å²) in [5, 5.41) is 0. The van der Waals surface area contributed by atoms with Crippen LogP contribution in [0.25, 0.3) is 11.1 Å².